The topological polar surface area (TPSA) is 155 Å². The number of hydrogen-bond donors (Lipinski definition) is 4. The fourth-order valence-electron chi connectivity index (χ4n) is 3.23. The smallest absolute Gasteiger partial charge is 0.355 e. The predicted molar refractivity (Wildman–Crippen MR) is 135 cm³/mol. The van der Waals surface area contributed by atoms with E-state index in [9.17, 15) is 24.3 Å². The molecule has 0 aliphatic rings. The molecule has 0 aliphatic carbocycles. The molecule has 0 saturated heterocycles. The molecule has 3 aromatic rings. The van der Waals surface area contributed by atoms with Crippen LogP contribution < -0.4 is 16.0 Å². The van der Waals surface area contributed by atoms with Crippen molar-refractivity contribution >= 4 is 62.3 Å². The first kappa shape index (κ1) is 26.0. The Labute approximate surface area is 209 Å². The highest BCUT2D eigenvalue weighted by molar-refractivity contribution is 7.16. The van der Waals surface area contributed by atoms with Crippen LogP contribution in [0.2, 0.25) is 0 Å². The van der Waals surface area contributed by atoms with Crippen LogP contribution in [0.1, 0.15) is 87.7 Å². The molecule has 3 amide bonds. The molecular weight excluding hydrogens is 492 g/mol. The molecule has 0 saturated carbocycles. The van der Waals surface area contributed by atoms with E-state index in [2.05, 4.69) is 25.9 Å². The number of thiazole rings is 2. The minimum Gasteiger partial charge on any atom is -0.476 e. The van der Waals surface area contributed by atoms with Crippen molar-refractivity contribution < 1.29 is 24.3 Å². The molecule has 0 bridgehead atoms. The van der Waals surface area contributed by atoms with Crippen LogP contribution in [0.15, 0.2) is 12.3 Å². The highest BCUT2D eigenvalue weighted by atomic mass is 32.1. The highest BCUT2D eigenvalue weighted by Gasteiger charge is 2.24. The van der Waals surface area contributed by atoms with Crippen molar-refractivity contribution in [3.8, 4) is 0 Å². The monoisotopic (exact) mass is 518 g/mol. The molecule has 0 aromatic carbocycles. The molecule has 11 nitrogen and oxygen atoms in total. The van der Waals surface area contributed by atoms with Gasteiger partial charge in [0.1, 0.15) is 11.4 Å². The van der Waals surface area contributed by atoms with Crippen molar-refractivity contribution in [2.24, 2.45) is 7.05 Å². The number of carboxylic acids is 1. The Balaban J connectivity index is 1.79. The Bertz CT molecular complexity index is 1300. The van der Waals surface area contributed by atoms with Gasteiger partial charge in [-0.15, -0.1) is 22.7 Å². The quantitative estimate of drug-likeness (QED) is 0.345. The second-order valence-corrected chi connectivity index (χ2v) is 10.5. The molecule has 0 atom stereocenters. The molecular formula is C22H26N6O5S2. The number of carbonyl (C=O) groups is 4. The molecule has 13 heteroatoms. The maximum Gasteiger partial charge on any atom is 0.355 e. The average molecular weight is 519 g/mol. The summed E-state index contributed by atoms with van der Waals surface area (Å²) in [4.78, 5) is 58.2. The maximum absolute atomic E-state index is 12.9. The van der Waals surface area contributed by atoms with Gasteiger partial charge in [0.2, 0.25) is 5.91 Å². The SMILES string of the molecule is CC(=O)Nc1nc(C(=O)Nc2cc(C(=O)Nc3nc(C(=O)O)c(C(C)C)s3)n(C)c2)c(C(C)C)s1. The molecule has 0 unspecified atom stereocenters. The van der Waals surface area contributed by atoms with Crippen molar-refractivity contribution in [2.45, 2.75) is 46.5 Å². The van der Waals surface area contributed by atoms with Crippen molar-refractivity contribution in [2.75, 3.05) is 16.0 Å². The van der Waals surface area contributed by atoms with Gasteiger partial charge in [0, 0.05) is 29.9 Å². The van der Waals surface area contributed by atoms with E-state index in [4.69, 9.17) is 0 Å². The first-order chi connectivity index (χ1) is 16.4. The third-order valence-corrected chi connectivity index (χ3v) is 7.31. The summed E-state index contributed by atoms with van der Waals surface area (Å²) in [5.74, 6) is -2.45. The molecule has 0 radical (unpaired) electrons. The van der Waals surface area contributed by atoms with Gasteiger partial charge >= 0.3 is 5.97 Å². The van der Waals surface area contributed by atoms with E-state index < -0.39 is 17.8 Å². The summed E-state index contributed by atoms with van der Waals surface area (Å²) in [7, 11) is 1.64. The van der Waals surface area contributed by atoms with E-state index in [0.29, 0.717) is 15.7 Å². The molecule has 3 rings (SSSR count). The van der Waals surface area contributed by atoms with Gasteiger partial charge in [-0.3, -0.25) is 19.7 Å². The first-order valence-corrected chi connectivity index (χ1v) is 12.3. The van der Waals surface area contributed by atoms with Crippen molar-refractivity contribution in [3.63, 3.8) is 0 Å². The maximum atomic E-state index is 12.9. The number of aromatic carboxylic acids is 1. The summed E-state index contributed by atoms with van der Waals surface area (Å²) in [6.45, 7) is 8.91. The normalized spacial score (nSPS) is 11.1. The zero-order valence-electron chi connectivity index (χ0n) is 20.0. The number of rotatable bonds is 8. The zero-order chi connectivity index (χ0) is 26.0. The van der Waals surface area contributed by atoms with Crippen LogP contribution >= 0.6 is 22.7 Å². The molecule has 186 valence electrons. The van der Waals surface area contributed by atoms with Crippen LogP contribution in [0.25, 0.3) is 0 Å². The van der Waals surface area contributed by atoms with Gasteiger partial charge in [-0.25, -0.2) is 14.8 Å². The number of carboxylic acid groups (broad SMARTS) is 1. The Morgan fingerprint density at radius 2 is 1.43 bits per heavy atom. The Kier molecular flexibility index (Phi) is 7.70. The van der Waals surface area contributed by atoms with E-state index in [-0.39, 0.29) is 40.0 Å². The van der Waals surface area contributed by atoms with Crippen LogP contribution in [0, 0.1) is 0 Å². The van der Waals surface area contributed by atoms with E-state index in [0.717, 1.165) is 16.2 Å². The van der Waals surface area contributed by atoms with Gasteiger partial charge in [0.15, 0.2) is 16.0 Å². The number of amides is 3. The highest BCUT2D eigenvalue weighted by Crippen LogP contribution is 2.32. The summed E-state index contributed by atoms with van der Waals surface area (Å²) in [5.41, 5.74) is 0.733. The molecule has 0 aliphatic heterocycles. The lowest BCUT2D eigenvalue weighted by Gasteiger charge is -2.05. The van der Waals surface area contributed by atoms with Gasteiger partial charge in [-0.2, -0.15) is 0 Å². The number of carbonyl (C=O) groups excluding carboxylic acids is 3. The number of aromatic nitrogens is 3. The number of nitrogens with zero attached hydrogens (tertiary/aromatic N) is 3. The third kappa shape index (κ3) is 5.92. The van der Waals surface area contributed by atoms with Gasteiger partial charge in [0.05, 0.1) is 5.69 Å². The Hall–Kier alpha value is -3.58. The summed E-state index contributed by atoms with van der Waals surface area (Å²) in [6.07, 6.45) is 1.58. The second kappa shape index (κ2) is 10.4. The summed E-state index contributed by atoms with van der Waals surface area (Å²) >= 11 is 2.35. The fourth-order valence-corrected chi connectivity index (χ4v) is 5.19. The van der Waals surface area contributed by atoms with Gasteiger partial charge in [0.25, 0.3) is 11.8 Å². The number of nitrogens with one attached hydrogen (secondary N) is 3. The number of anilines is 3. The fraction of sp³-hybridized carbons (Fsp3) is 0.364. The van der Waals surface area contributed by atoms with Crippen LogP contribution in [-0.2, 0) is 11.8 Å². The number of aryl methyl sites for hydroxylation is 1. The molecule has 4 N–H and O–H groups in total. The minimum absolute atomic E-state index is 0.0117. The van der Waals surface area contributed by atoms with E-state index in [1.165, 1.54) is 28.9 Å². The van der Waals surface area contributed by atoms with Gasteiger partial charge < -0.3 is 20.3 Å². The standard InChI is InChI=1S/C22H26N6O5S2/c1-9(2)16-14(25-21(34-16)23-11(5)29)19(31)24-12-7-13(28(6)8-12)18(30)27-22-26-15(20(32)33)17(35-22)10(3)4/h7-10H,1-6H3,(H,24,31)(H,32,33)(H,23,25,29)(H,26,27,30). The Morgan fingerprint density at radius 3 is 1.94 bits per heavy atom. The lowest BCUT2D eigenvalue weighted by atomic mass is 10.1. The van der Waals surface area contributed by atoms with Crippen LogP contribution in [0.5, 0.6) is 0 Å². The number of hydrogen-bond acceptors (Lipinski definition) is 8. The van der Waals surface area contributed by atoms with E-state index in [1.807, 2.05) is 27.7 Å². The lowest BCUT2D eigenvalue weighted by molar-refractivity contribution is -0.114. The predicted octanol–water partition coefficient (Wildman–Crippen LogP) is 4.35. The minimum atomic E-state index is -1.15. The molecule has 35 heavy (non-hydrogen) atoms. The summed E-state index contributed by atoms with van der Waals surface area (Å²) in [5, 5.41) is 17.9. The lowest BCUT2D eigenvalue weighted by Crippen LogP contribution is -2.15. The van der Waals surface area contributed by atoms with Gasteiger partial charge in [-0.1, -0.05) is 27.7 Å². The second-order valence-electron chi connectivity index (χ2n) is 8.39. The molecule has 3 heterocycles. The molecule has 0 fully saturated rings. The zero-order valence-corrected chi connectivity index (χ0v) is 21.7. The summed E-state index contributed by atoms with van der Waals surface area (Å²) in [6, 6.07) is 1.50. The van der Waals surface area contributed by atoms with E-state index in [1.54, 1.807) is 13.2 Å². The van der Waals surface area contributed by atoms with Crippen LogP contribution in [0.4, 0.5) is 16.0 Å². The van der Waals surface area contributed by atoms with E-state index >= 15 is 0 Å². The third-order valence-electron chi connectivity index (χ3n) is 4.77. The van der Waals surface area contributed by atoms with Crippen molar-refractivity contribution in [3.05, 3.63) is 39.1 Å². The van der Waals surface area contributed by atoms with Crippen molar-refractivity contribution in [1.29, 1.82) is 0 Å². The molecule has 0 spiro atoms. The van der Waals surface area contributed by atoms with Crippen molar-refractivity contribution in [1.82, 2.24) is 14.5 Å². The van der Waals surface area contributed by atoms with Crippen LogP contribution in [0.3, 0.4) is 0 Å². The molecule has 3 aromatic heterocycles. The van der Waals surface area contributed by atoms with Gasteiger partial charge in [-0.05, 0) is 17.9 Å². The summed E-state index contributed by atoms with van der Waals surface area (Å²) < 4.78 is 1.53. The average Bonchev–Trinajstić information content (AvgIpc) is 3.44. The van der Waals surface area contributed by atoms with Crippen LogP contribution in [-0.4, -0.2) is 43.3 Å². The Morgan fingerprint density at radius 1 is 0.886 bits per heavy atom. The first-order valence-electron chi connectivity index (χ1n) is 10.7. The largest absolute Gasteiger partial charge is 0.476 e.